The zero-order chi connectivity index (χ0) is 19.3. The Hall–Kier alpha value is -2.79. The van der Waals surface area contributed by atoms with E-state index in [-0.39, 0.29) is 5.92 Å². The van der Waals surface area contributed by atoms with E-state index in [1.165, 1.54) is 6.21 Å². The molecule has 1 aliphatic heterocycles. The number of benzene rings is 2. The number of nitrogens with one attached hydrogen (secondary N) is 2. The van der Waals surface area contributed by atoms with Crippen molar-refractivity contribution < 1.29 is 10.3 Å². The second-order valence-electron chi connectivity index (χ2n) is 8.02. The van der Waals surface area contributed by atoms with Crippen molar-refractivity contribution in [2.45, 2.75) is 45.3 Å². The van der Waals surface area contributed by atoms with Crippen molar-refractivity contribution in [3.8, 4) is 11.1 Å². The number of fused-ring (bicyclic) bond motifs is 2. The summed E-state index contributed by atoms with van der Waals surface area (Å²) >= 11 is 0. The van der Waals surface area contributed by atoms with E-state index in [1.54, 1.807) is 0 Å². The molecule has 0 fully saturated rings. The number of oxime groups is 1. The third-order valence-corrected chi connectivity index (χ3v) is 5.78. The number of hydrogen-bond donors (Lipinski definition) is 4. The molecule has 5 heteroatoms. The highest BCUT2D eigenvalue weighted by Crippen LogP contribution is 2.45. The zero-order valence-corrected chi connectivity index (χ0v) is 16.0. The van der Waals surface area contributed by atoms with Crippen LogP contribution in [0.15, 0.2) is 41.7 Å². The number of aliphatic hydroxyl groups is 1. The van der Waals surface area contributed by atoms with Crippen molar-refractivity contribution in [1.82, 2.24) is 4.98 Å². The number of rotatable bonds is 2. The Labute approximate surface area is 158 Å². The standard InChI is InChI=1S/C22H25N3O2/c1-12-10-16(15-7-5-6-14-8-9-23-20(14)15)17(11-24-27)18-13(2)21(26)22(3,4)25-19(12)18/h5-11,13,21,23,25-27H,1-4H3/b24-11+/t13-,21+/m0/s1. The van der Waals surface area contributed by atoms with Crippen LogP contribution in [-0.2, 0) is 0 Å². The summed E-state index contributed by atoms with van der Waals surface area (Å²) in [6, 6.07) is 10.3. The Bertz CT molecular complexity index is 1050. The van der Waals surface area contributed by atoms with Crippen LogP contribution in [0, 0.1) is 6.92 Å². The molecule has 0 bridgehead atoms. The van der Waals surface area contributed by atoms with Crippen LogP contribution in [0.25, 0.3) is 22.0 Å². The maximum atomic E-state index is 10.9. The number of aromatic nitrogens is 1. The predicted molar refractivity (Wildman–Crippen MR) is 110 cm³/mol. The Balaban J connectivity index is 2.06. The summed E-state index contributed by atoms with van der Waals surface area (Å²) in [4.78, 5) is 3.32. The van der Waals surface area contributed by atoms with Gasteiger partial charge < -0.3 is 20.6 Å². The van der Waals surface area contributed by atoms with Crippen LogP contribution < -0.4 is 5.32 Å². The first-order valence-corrected chi connectivity index (χ1v) is 9.23. The van der Waals surface area contributed by atoms with Gasteiger partial charge in [0.2, 0.25) is 0 Å². The van der Waals surface area contributed by atoms with Gasteiger partial charge in [-0.25, -0.2) is 0 Å². The van der Waals surface area contributed by atoms with Crippen molar-refractivity contribution >= 4 is 22.8 Å². The highest BCUT2D eigenvalue weighted by atomic mass is 16.4. The predicted octanol–water partition coefficient (Wildman–Crippen LogP) is 4.62. The number of aliphatic hydroxyl groups excluding tert-OH is 1. The molecule has 0 unspecified atom stereocenters. The molecule has 5 nitrogen and oxygen atoms in total. The fourth-order valence-electron chi connectivity index (χ4n) is 4.41. The summed E-state index contributed by atoms with van der Waals surface area (Å²) in [5.74, 6) is -0.106. The first-order valence-electron chi connectivity index (χ1n) is 9.23. The van der Waals surface area contributed by atoms with Crippen molar-refractivity contribution in [2.75, 3.05) is 5.32 Å². The minimum absolute atomic E-state index is 0.106. The Morgan fingerprint density at radius 1 is 1.19 bits per heavy atom. The summed E-state index contributed by atoms with van der Waals surface area (Å²) in [7, 11) is 0. The van der Waals surface area contributed by atoms with Gasteiger partial charge in [-0.05, 0) is 55.0 Å². The molecule has 3 aromatic rings. The summed E-state index contributed by atoms with van der Waals surface area (Å²) in [6.45, 7) is 8.11. The lowest BCUT2D eigenvalue weighted by Gasteiger charge is -2.44. The van der Waals surface area contributed by atoms with Gasteiger partial charge in [-0.2, -0.15) is 0 Å². The van der Waals surface area contributed by atoms with Crippen LogP contribution in [0.2, 0.25) is 0 Å². The summed E-state index contributed by atoms with van der Waals surface area (Å²) in [5, 5.41) is 28.2. The van der Waals surface area contributed by atoms with Crippen LogP contribution in [0.5, 0.6) is 0 Å². The topological polar surface area (TPSA) is 80.6 Å². The summed E-state index contributed by atoms with van der Waals surface area (Å²) in [6.07, 6.45) is 2.85. The van der Waals surface area contributed by atoms with Crippen LogP contribution in [-0.4, -0.2) is 33.2 Å². The fraction of sp³-hybridized carbons (Fsp3) is 0.318. The molecule has 4 rings (SSSR count). The monoisotopic (exact) mass is 363 g/mol. The molecule has 0 amide bonds. The van der Waals surface area contributed by atoms with Gasteiger partial charge >= 0.3 is 0 Å². The maximum Gasteiger partial charge on any atom is 0.0830 e. The Morgan fingerprint density at radius 2 is 1.96 bits per heavy atom. The molecule has 2 atom stereocenters. The van der Waals surface area contributed by atoms with E-state index in [2.05, 4.69) is 40.6 Å². The van der Waals surface area contributed by atoms with E-state index in [0.29, 0.717) is 0 Å². The van der Waals surface area contributed by atoms with Crippen LogP contribution in [0.1, 0.15) is 43.4 Å². The number of para-hydroxylation sites is 1. The van der Waals surface area contributed by atoms with E-state index < -0.39 is 11.6 Å². The lowest BCUT2D eigenvalue weighted by atomic mass is 9.75. The average molecular weight is 363 g/mol. The van der Waals surface area contributed by atoms with Gasteiger partial charge in [0.05, 0.1) is 23.4 Å². The van der Waals surface area contributed by atoms with Crippen molar-refractivity contribution in [2.24, 2.45) is 5.16 Å². The van der Waals surface area contributed by atoms with Crippen LogP contribution in [0.3, 0.4) is 0 Å². The van der Waals surface area contributed by atoms with Crippen molar-refractivity contribution in [1.29, 1.82) is 0 Å². The average Bonchev–Trinajstić information content (AvgIpc) is 3.11. The van der Waals surface area contributed by atoms with Crippen molar-refractivity contribution in [3.05, 3.63) is 53.2 Å². The maximum absolute atomic E-state index is 10.9. The summed E-state index contributed by atoms with van der Waals surface area (Å²) < 4.78 is 0. The molecule has 2 aromatic carbocycles. The Kier molecular flexibility index (Phi) is 4.00. The number of nitrogens with zero attached hydrogens (tertiary/aromatic N) is 1. The van der Waals surface area contributed by atoms with E-state index in [9.17, 15) is 10.3 Å². The molecule has 27 heavy (non-hydrogen) atoms. The zero-order valence-electron chi connectivity index (χ0n) is 16.0. The molecule has 1 aliphatic rings. The SMILES string of the molecule is Cc1cc(-c2cccc3cc[nH]c23)c(/C=N/O)c2c1NC(C)(C)[C@H](O)[C@H]2C. The molecular formula is C22H25N3O2. The van der Waals surface area contributed by atoms with Gasteiger partial charge in [0.25, 0.3) is 0 Å². The number of H-pyrrole nitrogens is 1. The lowest BCUT2D eigenvalue weighted by Crippen LogP contribution is -2.50. The highest BCUT2D eigenvalue weighted by molar-refractivity contribution is 6.02. The quantitative estimate of drug-likeness (QED) is 0.305. The number of anilines is 1. The number of hydrogen-bond acceptors (Lipinski definition) is 4. The van der Waals surface area contributed by atoms with E-state index >= 15 is 0 Å². The first kappa shape index (κ1) is 17.6. The first-order chi connectivity index (χ1) is 12.8. The molecule has 0 spiro atoms. The molecule has 0 aliphatic carbocycles. The number of aromatic amines is 1. The molecule has 2 heterocycles. The highest BCUT2D eigenvalue weighted by Gasteiger charge is 2.40. The minimum atomic E-state index is -0.563. The van der Waals surface area contributed by atoms with Gasteiger partial charge in [0.1, 0.15) is 0 Å². The number of aryl methyl sites for hydroxylation is 1. The molecule has 1 aromatic heterocycles. The van der Waals surface area contributed by atoms with E-state index in [1.807, 2.05) is 39.1 Å². The van der Waals surface area contributed by atoms with Crippen LogP contribution in [0.4, 0.5) is 5.69 Å². The van der Waals surface area contributed by atoms with Gasteiger partial charge in [0.15, 0.2) is 0 Å². The van der Waals surface area contributed by atoms with E-state index in [0.717, 1.165) is 44.4 Å². The third-order valence-electron chi connectivity index (χ3n) is 5.78. The van der Waals surface area contributed by atoms with Gasteiger partial charge in [-0.3, -0.25) is 0 Å². The Morgan fingerprint density at radius 3 is 2.70 bits per heavy atom. The minimum Gasteiger partial charge on any atom is -0.411 e. The second-order valence-corrected chi connectivity index (χ2v) is 8.02. The van der Waals surface area contributed by atoms with Crippen molar-refractivity contribution in [3.63, 3.8) is 0 Å². The normalized spacial score (nSPS) is 21.4. The lowest BCUT2D eigenvalue weighted by molar-refractivity contribution is 0.0868. The summed E-state index contributed by atoms with van der Waals surface area (Å²) in [5.41, 5.74) is 6.56. The largest absolute Gasteiger partial charge is 0.411 e. The molecule has 0 saturated heterocycles. The fourth-order valence-corrected chi connectivity index (χ4v) is 4.41. The van der Waals surface area contributed by atoms with Gasteiger partial charge in [-0.15, -0.1) is 0 Å². The molecule has 0 saturated carbocycles. The van der Waals surface area contributed by atoms with E-state index in [4.69, 9.17) is 0 Å². The molecule has 0 radical (unpaired) electrons. The van der Waals surface area contributed by atoms with Gasteiger partial charge in [0, 0.05) is 28.9 Å². The third kappa shape index (κ3) is 2.61. The molecule has 4 N–H and O–H groups in total. The van der Waals surface area contributed by atoms with Crippen LogP contribution >= 0.6 is 0 Å². The van der Waals surface area contributed by atoms with Gasteiger partial charge in [-0.1, -0.05) is 30.3 Å². The second kappa shape index (κ2) is 6.13. The molecular weight excluding hydrogens is 338 g/mol. The smallest absolute Gasteiger partial charge is 0.0830 e. The molecule has 140 valence electrons.